The molecule has 0 bridgehead atoms. The van der Waals surface area contributed by atoms with E-state index in [4.69, 9.17) is 0 Å². The lowest BCUT2D eigenvalue weighted by molar-refractivity contribution is 0.575. The highest BCUT2D eigenvalue weighted by atomic mass is 32.2. The predicted molar refractivity (Wildman–Crippen MR) is 78.3 cm³/mol. The Kier molecular flexibility index (Phi) is 5.10. The fourth-order valence-corrected chi connectivity index (χ4v) is 2.86. The van der Waals surface area contributed by atoms with Gasteiger partial charge in [-0.15, -0.1) is 0 Å². The highest BCUT2D eigenvalue weighted by Gasteiger charge is 2.16. The summed E-state index contributed by atoms with van der Waals surface area (Å²) in [5.41, 5.74) is 0.974. The summed E-state index contributed by atoms with van der Waals surface area (Å²) in [5.74, 6) is 0. The number of aromatic nitrogens is 4. The van der Waals surface area contributed by atoms with Crippen molar-refractivity contribution in [2.45, 2.75) is 17.9 Å². The van der Waals surface area contributed by atoms with E-state index in [1.807, 2.05) is 20.2 Å². The van der Waals surface area contributed by atoms with Gasteiger partial charge in [-0.05, 0) is 13.1 Å². The largest absolute Gasteiger partial charge is 0.318 e. The maximum absolute atomic E-state index is 12.1. The highest BCUT2D eigenvalue weighted by Crippen LogP contribution is 2.07. The Balaban J connectivity index is 1.92. The zero-order valence-electron chi connectivity index (χ0n) is 12.2. The van der Waals surface area contributed by atoms with E-state index in [0.717, 1.165) is 12.2 Å². The number of rotatable bonds is 8. The van der Waals surface area contributed by atoms with Crippen LogP contribution in [0.2, 0.25) is 0 Å². The third-order valence-corrected chi connectivity index (χ3v) is 4.52. The molecule has 2 N–H and O–H groups in total. The van der Waals surface area contributed by atoms with Crippen LogP contribution in [0.5, 0.6) is 0 Å². The Morgan fingerprint density at radius 2 is 2.10 bits per heavy atom. The first-order chi connectivity index (χ1) is 10.0. The van der Waals surface area contributed by atoms with Gasteiger partial charge in [-0.1, -0.05) is 0 Å². The van der Waals surface area contributed by atoms with E-state index in [0.29, 0.717) is 19.5 Å². The lowest BCUT2D eigenvalue weighted by atomic mass is 10.3. The molecule has 2 aromatic heterocycles. The maximum atomic E-state index is 12.1. The smallest absolute Gasteiger partial charge is 0.243 e. The van der Waals surface area contributed by atoms with Gasteiger partial charge in [0.05, 0.1) is 12.7 Å². The number of likely N-dealkylation sites (N-methyl/N-ethyl adjacent to an activating group) is 1. The molecule has 2 heterocycles. The molecule has 2 rings (SSSR count). The van der Waals surface area contributed by atoms with Crippen LogP contribution >= 0.6 is 0 Å². The van der Waals surface area contributed by atoms with E-state index in [1.54, 1.807) is 15.6 Å². The van der Waals surface area contributed by atoms with Crippen LogP contribution in [0.3, 0.4) is 0 Å². The topological polar surface area (TPSA) is 93.8 Å². The van der Waals surface area contributed by atoms with Crippen LogP contribution in [-0.2, 0) is 30.0 Å². The fraction of sp³-hybridized carbons (Fsp3) is 0.500. The van der Waals surface area contributed by atoms with Crippen molar-refractivity contribution < 1.29 is 8.42 Å². The second-order valence-corrected chi connectivity index (χ2v) is 6.40. The molecule has 21 heavy (non-hydrogen) atoms. The van der Waals surface area contributed by atoms with Gasteiger partial charge in [0.2, 0.25) is 10.0 Å². The Labute approximate surface area is 124 Å². The van der Waals surface area contributed by atoms with Crippen molar-refractivity contribution in [3.63, 3.8) is 0 Å². The number of hydrogen-bond acceptors (Lipinski definition) is 5. The molecule has 0 spiro atoms. The molecule has 0 saturated heterocycles. The van der Waals surface area contributed by atoms with Crippen LogP contribution in [0.25, 0.3) is 0 Å². The van der Waals surface area contributed by atoms with Crippen LogP contribution in [-0.4, -0.2) is 48.1 Å². The Morgan fingerprint density at radius 1 is 1.29 bits per heavy atom. The van der Waals surface area contributed by atoms with Crippen LogP contribution in [0.4, 0.5) is 0 Å². The average molecular weight is 312 g/mol. The third-order valence-electron chi connectivity index (χ3n) is 3.11. The molecule has 0 amide bonds. The van der Waals surface area contributed by atoms with Crippen molar-refractivity contribution in [2.75, 3.05) is 20.1 Å². The lowest BCUT2D eigenvalue weighted by Gasteiger charge is -2.05. The Bertz CT molecular complexity index is 675. The Hall–Kier alpha value is -1.71. The van der Waals surface area contributed by atoms with E-state index in [2.05, 4.69) is 20.2 Å². The molecule has 8 nitrogen and oxygen atoms in total. The van der Waals surface area contributed by atoms with Gasteiger partial charge in [0.1, 0.15) is 4.90 Å². The first-order valence-electron chi connectivity index (χ1n) is 6.66. The Morgan fingerprint density at radius 3 is 2.76 bits per heavy atom. The molecular formula is C12H20N6O2S. The van der Waals surface area contributed by atoms with Crippen LogP contribution in [0.1, 0.15) is 5.69 Å². The standard InChI is InChI=1S/C12H20N6O2S/c1-13-7-8-18-10-12(9-15-18)21(19,20)16-6-4-11-3-5-14-17(11)2/h3,5,9-10,13,16H,4,6-8H2,1-2H3. The van der Waals surface area contributed by atoms with Gasteiger partial charge in [0.15, 0.2) is 0 Å². The zero-order chi connectivity index (χ0) is 15.3. The normalized spacial score (nSPS) is 11.9. The number of hydrogen-bond donors (Lipinski definition) is 2. The second-order valence-electron chi connectivity index (χ2n) is 4.64. The summed E-state index contributed by atoms with van der Waals surface area (Å²) >= 11 is 0. The van der Waals surface area contributed by atoms with Crippen molar-refractivity contribution in [3.8, 4) is 0 Å². The van der Waals surface area contributed by atoms with Crippen molar-refractivity contribution in [3.05, 3.63) is 30.4 Å². The maximum Gasteiger partial charge on any atom is 0.243 e. The summed E-state index contributed by atoms with van der Waals surface area (Å²) in [6, 6.07) is 1.87. The summed E-state index contributed by atoms with van der Waals surface area (Å²) in [6.07, 6.45) is 5.17. The van der Waals surface area contributed by atoms with Gasteiger partial charge in [-0.3, -0.25) is 9.36 Å². The number of nitrogens with zero attached hydrogens (tertiary/aromatic N) is 4. The predicted octanol–water partition coefficient (Wildman–Crippen LogP) is -0.643. The molecule has 0 unspecified atom stereocenters. The molecule has 0 radical (unpaired) electrons. The summed E-state index contributed by atoms with van der Waals surface area (Å²) in [5, 5.41) is 11.1. The van der Waals surface area contributed by atoms with Crippen LogP contribution in [0, 0.1) is 0 Å². The summed E-state index contributed by atoms with van der Waals surface area (Å²) in [4.78, 5) is 0.184. The van der Waals surface area contributed by atoms with Crippen molar-refractivity contribution in [1.82, 2.24) is 29.6 Å². The van der Waals surface area contributed by atoms with Crippen molar-refractivity contribution in [1.29, 1.82) is 0 Å². The van der Waals surface area contributed by atoms with Gasteiger partial charge >= 0.3 is 0 Å². The van der Waals surface area contributed by atoms with E-state index in [-0.39, 0.29) is 4.90 Å². The second kappa shape index (κ2) is 6.83. The molecule has 0 fully saturated rings. The quantitative estimate of drug-likeness (QED) is 0.676. The minimum Gasteiger partial charge on any atom is -0.318 e. The number of nitrogens with one attached hydrogen (secondary N) is 2. The minimum absolute atomic E-state index is 0.184. The van der Waals surface area contributed by atoms with Crippen LogP contribution in [0.15, 0.2) is 29.6 Å². The molecule has 116 valence electrons. The molecule has 0 aliphatic heterocycles. The summed E-state index contributed by atoms with van der Waals surface area (Å²) in [6.45, 7) is 1.68. The molecule has 2 aromatic rings. The van der Waals surface area contributed by atoms with Gasteiger partial charge in [-0.2, -0.15) is 10.2 Å². The van der Waals surface area contributed by atoms with Gasteiger partial charge in [0.25, 0.3) is 0 Å². The van der Waals surface area contributed by atoms with Crippen molar-refractivity contribution >= 4 is 10.0 Å². The molecule has 0 aromatic carbocycles. The van der Waals surface area contributed by atoms with Gasteiger partial charge in [0, 0.05) is 44.6 Å². The minimum atomic E-state index is -3.51. The SMILES string of the molecule is CNCCn1cc(S(=O)(=O)NCCc2ccnn2C)cn1. The van der Waals surface area contributed by atoms with E-state index >= 15 is 0 Å². The number of aryl methyl sites for hydroxylation is 1. The fourth-order valence-electron chi connectivity index (χ4n) is 1.88. The average Bonchev–Trinajstić information content (AvgIpc) is 3.06. The lowest BCUT2D eigenvalue weighted by Crippen LogP contribution is -2.26. The van der Waals surface area contributed by atoms with Gasteiger partial charge < -0.3 is 5.32 Å². The highest BCUT2D eigenvalue weighted by molar-refractivity contribution is 7.89. The van der Waals surface area contributed by atoms with E-state index in [9.17, 15) is 8.42 Å². The number of sulfonamides is 1. The molecule has 0 atom stereocenters. The molecule has 9 heteroatoms. The summed E-state index contributed by atoms with van der Waals surface area (Å²) in [7, 11) is 0.150. The summed E-state index contributed by atoms with van der Waals surface area (Å²) < 4.78 is 30.2. The molecule has 0 aliphatic rings. The monoisotopic (exact) mass is 312 g/mol. The molecular weight excluding hydrogens is 292 g/mol. The first-order valence-corrected chi connectivity index (χ1v) is 8.15. The van der Waals surface area contributed by atoms with Crippen LogP contribution < -0.4 is 10.0 Å². The van der Waals surface area contributed by atoms with E-state index in [1.165, 1.54) is 12.4 Å². The van der Waals surface area contributed by atoms with E-state index < -0.39 is 10.0 Å². The van der Waals surface area contributed by atoms with Gasteiger partial charge in [-0.25, -0.2) is 13.1 Å². The molecule has 0 aliphatic carbocycles. The third kappa shape index (κ3) is 4.13. The van der Waals surface area contributed by atoms with Crippen molar-refractivity contribution in [2.24, 2.45) is 7.05 Å². The zero-order valence-corrected chi connectivity index (χ0v) is 13.0. The first kappa shape index (κ1) is 15.7. The molecule has 0 saturated carbocycles.